The van der Waals surface area contributed by atoms with Gasteiger partial charge in [0, 0.05) is 11.9 Å². The van der Waals surface area contributed by atoms with Gasteiger partial charge in [-0.05, 0) is 53.2 Å². The molecule has 7 heteroatoms. The summed E-state index contributed by atoms with van der Waals surface area (Å²) < 4.78 is 14.7. The number of benzene rings is 1. The van der Waals surface area contributed by atoms with E-state index in [2.05, 4.69) is 25.8 Å². The Labute approximate surface area is 120 Å². The quantitative estimate of drug-likeness (QED) is 0.796. The van der Waals surface area contributed by atoms with Crippen LogP contribution in [-0.2, 0) is 0 Å². The van der Waals surface area contributed by atoms with Gasteiger partial charge in [-0.15, -0.1) is 5.10 Å². The fourth-order valence-electron chi connectivity index (χ4n) is 1.99. The molecule has 0 fully saturated rings. The first-order valence-corrected chi connectivity index (χ1v) is 6.43. The fourth-order valence-corrected chi connectivity index (χ4v) is 1.99. The number of rotatable bonds is 4. The van der Waals surface area contributed by atoms with Crippen LogP contribution in [0.2, 0.25) is 0 Å². The third kappa shape index (κ3) is 3.02. The van der Waals surface area contributed by atoms with Gasteiger partial charge in [-0.3, -0.25) is 4.98 Å². The number of nitrogens with one attached hydrogen (secondary N) is 1. The van der Waals surface area contributed by atoms with Crippen molar-refractivity contribution in [2.24, 2.45) is 0 Å². The van der Waals surface area contributed by atoms with Gasteiger partial charge in [0.2, 0.25) is 0 Å². The third-order valence-electron chi connectivity index (χ3n) is 3.09. The fraction of sp³-hybridized carbons (Fsp3) is 0.143. The molecule has 2 heterocycles. The van der Waals surface area contributed by atoms with Crippen LogP contribution in [0.25, 0.3) is 5.69 Å². The Balaban J connectivity index is 1.73. The molecule has 21 heavy (non-hydrogen) atoms. The molecule has 6 nitrogen and oxygen atoms in total. The molecule has 1 N–H and O–H groups in total. The zero-order chi connectivity index (χ0) is 14.7. The molecule has 3 aromatic rings. The molecule has 0 aliphatic heterocycles. The molecule has 0 bridgehead atoms. The third-order valence-corrected chi connectivity index (χ3v) is 3.09. The van der Waals surface area contributed by atoms with Crippen LogP contribution in [-0.4, -0.2) is 25.2 Å². The van der Waals surface area contributed by atoms with Gasteiger partial charge < -0.3 is 5.32 Å². The molecule has 2 aromatic heterocycles. The number of aromatic nitrogens is 5. The number of pyridine rings is 1. The predicted octanol–water partition coefficient (Wildman–Crippen LogP) is 2.37. The van der Waals surface area contributed by atoms with E-state index in [1.165, 1.54) is 18.6 Å². The van der Waals surface area contributed by atoms with Crippen LogP contribution in [0.15, 0.2) is 49.1 Å². The predicted molar refractivity (Wildman–Crippen MR) is 75.4 cm³/mol. The minimum absolute atomic E-state index is 0.0490. The van der Waals surface area contributed by atoms with Crippen LogP contribution >= 0.6 is 0 Å². The van der Waals surface area contributed by atoms with E-state index in [9.17, 15) is 4.39 Å². The van der Waals surface area contributed by atoms with Gasteiger partial charge in [0.25, 0.3) is 0 Å². The summed E-state index contributed by atoms with van der Waals surface area (Å²) in [5.74, 6) is -0.338. The summed E-state index contributed by atoms with van der Waals surface area (Å²) in [4.78, 5) is 3.85. The SMILES string of the molecule is CC(Nc1ccc(-n2cnnn2)cc1)c1cncc(F)c1. The van der Waals surface area contributed by atoms with Crippen molar-refractivity contribution >= 4 is 5.69 Å². The van der Waals surface area contributed by atoms with Crippen LogP contribution in [0.4, 0.5) is 10.1 Å². The second kappa shape index (κ2) is 5.66. The molecule has 106 valence electrons. The summed E-state index contributed by atoms with van der Waals surface area (Å²) >= 11 is 0. The summed E-state index contributed by atoms with van der Waals surface area (Å²) in [6.45, 7) is 1.95. The number of tetrazole rings is 1. The van der Waals surface area contributed by atoms with Gasteiger partial charge in [0.15, 0.2) is 0 Å². The summed E-state index contributed by atoms with van der Waals surface area (Å²) in [6.07, 6.45) is 4.37. The lowest BCUT2D eigenvalue weighted by molar-refractivity contribution is 0.616. The highest BCUT2D eigenvalue weighted by atomic mass is 19.1. The first-order chi connectivity index (χ1) is 10.2. The number of halogens is 1. The van der Waals surface area contributed by atoms with Gasteiger partial charge in [0.05, 0.1) is 17.9 Å². The van der Waals surface area contributed by atoms with Gasteiger partial charge in [-0.1, -0.05) is 0 Å². The highest BCUT2D eigenvalue weighted by Gasteiger charge is 2.07. The molecule has 0 aliphatic carbocycles. The Bertz CT molecular complexity index is 711. The number of anilines is 1. The second-order valence-electron chi connectivity index (χ2n) is 4.60. The number of hydrogen-bond donors (Lipinski definition) is 1. The minimum atomic E-state index is -0.338. The molecule has 1 unspecified atom stereocenters. The van der Waals surface area contributed by atoms with Crippen molar-refractivity contribution in [1.29, 1.82) is 0 Å². The van der Waals surface area contributed by atoms with Crippen molar-refractivity contribution in [3.63, 3.8) is 0 Å². The number of nitrogens with zero attached hydrogens (tertiary/aromatic N) is 5. The Morgan fingerprint density at radius 3 is 2.67 bits per heavy atom. The van der Waals surface area contributed by atoms with E-state index in [-0.39, 0.29) is 11.9 Å². The van der Waals surface area contributed by atoms with Crippen molar-refractivity contribution in [2.75, 3.05) is 5.32 Å². The van der Waals surface area contributed by atoms with Crippen molar-refractivity contribution in [3.8, 4) is 5.69 Å². The summed E-state index contributed by atoms with van der Waals surface area (Å²) in [7, 11) is 0. The Morgan fingerprint density at radius 2 is 2.00 bits per heavy atom. The molecule has 0 amide bonds. The van der Waals surface area contributed by atoms with E-state index in [0.29, 0.717) is 0 Å². The Kier molecular flexibility index (Phi) is 3.55. The zero-order valence-corrected chi connectivity index (χ0v) is 11.3. The minimum Gasteiger partial charge on any atom is -0.378 e. The van der Waals surface area contributed by atoms with E-state index < -0.39 is 0 Å². The average Bonchev–Trinajstić information content (AvgIpc) is 3.02. The highest BCUT2D eigenvalue weighted by Crippen LogP contribution is 2.20. The zero-order valence-electron chi connectivity index (χ0n) is 11.3. The van der Waals surface area contributed by atoms with Gasteiger partial charge >= 0.3 is 0 Å². The maximum atomic E-state index is 13.2. The molecular weight excluding hydrogens is 271 g/mol. The molecule has 3 rings (SSSR count). The largest absolute Gasteiger partial charge is 0.378 e. The maximum Gasteiger partial charge on any atom is 0.143 e. The average molecular weight is 284 g/mol. The monoisotopic (exact) mass is 284 g/mol. The van der Waals surface area contributed by atoms with E-state index in [1.807, 2.05) is 31.2 Å². The Hall–Kier alpha value is -2.83. The molecule has 0 spiro atoms. The highest BCUT2D eigenvalue weighted by molar-refractivity contribution is 5.49. The van der Waals surface area contributed by atoms with Gasteiger partial charge in [0.1, 0.15) is 12.1 Å². The van der Waals surface area contributed by atoms with E-state index in [0.717, 1.165) is 16.9 Å². The maximum absolute atomic E-state index is 13.2. The normalized spacial score (nSPS) is 12.1. The van der Waals surface area contributed by atoms with Crippen LogP contribution in [0.1, 0.15) is 18.5 Å². The molecule has 1 atom stereocenters. The van der Waals surface area contributed by atoms with Crippen molar-refractivity contribution in [3.05, 3.63) is 60.4 Å². The van der Waals surface area contributed by atoms with Crippen LogP contribution in [0, 0.1) is 5.82 Å². The second-order valence-corrected chi connectivity index (χ2v) is 4.60. The van der Waals surface area contributed by atoms with E-state index in [4.69, 9.17) is 0 Å². The van der Waals surface area contributed by atoms with Crippen LogP contribution < -0.4 is 5.32 Å². The van der Waals surface area contributed by atoms with Gasteiger partial charge in [-0.25, -0.2) is 9.07 Å². The van der Waals surface area contributed by atoms with Crippen molar-refractivity contribution < 1.29 is 4.39 Å². The van der Waals surface area contributed by atoms with Crippen molar-refractivity contribution in [2.45, 2.75) is 13.0 Å². The standard InChI is InChI=1S/C14H13FN6/c1-10(11-6-12(15)8-16-7-11)18-13-2-4-14(5-3-13)21-9-17-19-20-21/h2-10,18H,1H3. The lowest BCUT2D eigenvalue weighted by Crippen LogP contribution is -2.07. The van der Waals surface area contributed by atoms with Crippen LogP contribution in [0.5, 0.6) is 0 Å². The molecule has 0 aliphatic rings. The molecule has 0 radical (unpaired) electrons. The topological polar surface area (TPSA) is 68.5 Å². The first-order valence-electron chi connectivity index (χ1n) is 6.43. The molecule has 0 saturated carbocycles. The summed E-state index contributed by atoms with van der Waals surface area (Å²) in [6, 6.07) is 9.05. The lowest BCUT2D eigenvalue weighted by atomic mass is 10.1. The molecular formula is C14H13FN6. The summed E-state index contributed by atoms with van der Waals surface area (Å²) in [5.41, 5.74) is 2.58. The summed E-state index contributed by atoms with van der Waals surface area (Å²) in [5, 5.41) is 14.3. The van der Waals surface area contributed by atoms with E-state index >= 15 is 0 Å². The number of hydrogen-bond acceptors (Lipinski definition) is 5. The molecule has 0 saturated heterocycles. The van der Waals surface area contributed by atoms with E-state index in [1.54, 1.807) is 10.9 Å². The van der Waals surface area contributed by atoms with Crippen molar-refractivity contribution in [1.82, 2.24) is 25.2 Å². The van der Waals surface area contributed by atoms with Crippen LogP contribution in [0.3, 0.4) is 0 Å². The Morgan fingerprint density at radius 1 is 1.19 bits per heavy atom. The smallest absolute Gasteiger partial charge is 0.143 e. The lowest BCUT2D eigenvalue weighted by Gasteiger charge is -2.15. The first kappa shape index (κ1) is 13.2. The van der Waals surface area contributed by atoms with Gasteiger partial charge in [-0.2, -0.15) is 0 Å². The molecule has 1 aromatic carbocycles.